The Hall–Kier alpha value is -1.38. The molecule has 1 aromatic rings. The van der Waals surface area contributed by atoms with E-state index < -0.39 is 4.92 Å². The lowest BCUT2D eigenvalue weighted by molar-refractivity contribution is -0.384. The van der Waals surface area contributed by atoms with Gasteiger partial charge in [-0.3, -0.25) is 10.1 Å². The highest BCUT2D eigenvalue weighted by molar-refractivity contribution is 14.0. The minimum atomic E-state index is -0.398. The van der Waals surface area contributed by atoms with Crippen molar-refractivity contribution in [3.8, 4) is 0 Å². The van der Waals surface area contributed by atoms with Gasteiger partial charge in [-0.25, -0.2) is 4.99 Å². The molecule has 0 radical (unpaired) electrons. The summed E-state index contributed by atoms with van der Waals surface area (Å²) in [5.41, 5.74) is 0.907. The number of hydrogen-bond donors (Lipinski definition) is 2. The van der Waals surface area contributed by atoms with Crippen LogP contribution in [-0.2, 0) is 6.54 Å². The van der Waals surface area contributed by atoms with Crippen LogP contribution in [0.3, 0.4) is 0 Å². The summed E-state index contributed by atoms with van der Waals surface area (Å²) >= 11 is 0. The molecule has 20 heavy (non-hydrogen) atoms. The quantitative estimate of drug-likeness (QED) is 0.266. The second-order valence-corrected chi connectivity index (χ2v) is 4.42. The predicted molar refractivity (Wildman–Crippen MR) is 91.6 cm³/mol. The number of benzene rings is 1. The third-order valence-electron chi connectivity index (χ3n) is 2.31. The van der Waals surface area contributed by atoms with E-state index in [-0.39, 0.29) is 35.7 Å². The minimum absolute atomic E-state index is 0. The second-order valence-electron chi connectivity index (χ2n) is 4.42. The first-order valence-corrected chi connectivity index (χ1v) is 6.31. The third kappa shape index (κ3) is 6.69. The van der Waals surface area contributed by atoms with Gasteiger partial charge in [0.05, 0.1) is 11.5 Å². The van der Waals surface area contributed by atoms with Crippen LogP contribution in [0.2, 0.25) is 0 Å². The largest absolute Gasteiger partial charge is 0.357 e. The van der Waals surface area contributed by atoms with Crippen LogP contribution < -0.4 is 10.6 Å². The summed E-state index contributed by atoms with van der Waals surface area (Å²) in [7, 11) is 0. The first-order valence-electron chi connectivity index (χ1n) is 6.31. The van der Waals surface area contributed by atoms with E-state index in [9.17, 15) is 10.1 Å². The van der Waals surface area contributed by atoms with Crippen molar-refractivity contribution in [1.29, 1.82) is 0 Å². The van der Waals surface area contributed by atoms with Crippen molar-refractivity contribution in [2.75, 3.05) is 6.54 Å². The van der Waals surface area contributed by atoms with E-state index in [2.05, 4.69) is 15.6 Å². The molecule has 1 aromatic carbocycles. The summed E-state index contributed by atoms with van der Waals surface area (Å²) in [6.07, 6.45) is 0. The molecule has 0 bridgehead atoms. The standard InChI is InChI=1S/C13H20N4O2.HI/c1-4-14-13(16-10(2)3)15-9-11-6-5-7-12(8-11)17(18)19;/h5-8,10H,4,9H2,1-3H3,(H2,14,15,16);1H. The smallest absolute Gasteiger partial charge is 0.269 e. The highest BCUT2D eigenvalue weighted by Crippen LogP contribution is 2.13. The highest BCUT2D eigenvalue weighted by atomic mass is 127. The minimum Gasteiger partial charge on any atom is -0.357 e. The normalized spacial score (nSPS) is 10.9. The maximum absolute atomic E-state index is 10.7. The van der Waals surface area contributed by atoms with Crippen molar-refractivity contribution in [3.05, 3.63) is 39.9 Å². The van der Waals surface area contributed by atoms with Crippen LogP contribution in [0.4, 0.5) is 5.69 Å². The molecule has 0 saturated heterocycles. The number of nitro groups is 1. The summed E-state index contributed by atoms with van der Waals surface area (Å²) in [5, 5.41) is 17.0. The van der Waals surface area contributed by atoms with Crippen LogP contribution in [-0.4, -0.2) is 23.5 Å². The van der Waals surface area contributed by atoms with Gasteiger partial charge in [-0.2, -0.15) is 0 Å². The Labute approximate surface area is 136 Å². The Balaban J connectivity index is 0.00000361. The monoisotopic (exact) mass is 392 g/mol. The van der Waals surface area contributed by atoms with Crippen molar-refractivity contribution < 1.29 is 4.92 Å². The number of rotatable bonds is 5. The Morgan fingerprint density at radius 3 is 2.70 bits per heavy atom. The number of halogens is 1. The summed E-state index contributed by atoms with van der Waals surface area (Å²) < 4.78 is 0. The Bertz CT molecular complexity index is 463. The number of non-ortho nitro benzene ring substituents is 1. The zero-order valence-corrected chi connectivity index (χ0v) is 14.3. The van der Waals surface area contributed by atoms with Gasteiger partial charge in [-0.15, -0.1) is 24.0 Å². The number of nitro benzene ring substituents is 1. The van der Waals surface area contributed by atoms with Gasteiger partial charge in [0, 0.05) is 24.7 Å². The van der Waals surface area contributed by atoms with Gasteiger partial charge in [0.1, 0.15) is 0 Å². The van der Waals surface area contributed by atoms with Crippen molar-refractivity contribution in [1.82, 2.24) is 10.6 Å². The fraction of sp³-hybridized carbons (Fsp3) is 0.462. The summed E-state index contributed by atoms with van der Waals surface area (Å²) in [5.74, 6) is 0.712. The molecule has 1 rings (SSSR count). The predicted octanol–water partition coefficient (Wildman–Crippen LogP) is 2.68. The van der Waals surface area contributed by atoms with Crippen LogP contribution in [0, 0.1) is 10.1 Å². The lowest BCUT2D eigenvalue weighted by Gasteiger charge is -2.13. The molecule has 2 N–H and O–H groups in total. The van der Waals surface area contributed by atoms with Crippen LogP contribution in [0.1, 0.15) is 26.3 Å². The Kier molecular flexibility index (Phi) is 8.86. The average molecular weight is 392 g/mol. The second kappa shape index (κ2) is 9.51. The third-order valence-corrected chi connectivity index (χ3v) is 2.31. The van der Waals surface area contributed by atoms with Gasteiger partial charge in [-0.1, -0.05) is 12.1 Å². The molecule has 0 aliphatic carbocycles. The molecular weight excluding hydrogens is 371 g/mol. The fourth-order valence-corrected chi connectivity index (χ4v) is 1.53. The van der Waals surface area contributed by atoms with Gasteiger partial charge in [0.25, 0.3) is 5.69 Å². The van der Waals surface area contributed by atoms with Crippen molar-refractivity contribution in [3.63, 3.8) is 0 Å². The van der Waals surface area contributed by atoms with E-state index >= 15 is 0 Å². The number of guanidine groups is 1. The van der Waals surface area contributed by atoms with E-state index in [1.807, 2.05) is 26.8 Å². The average Bonchev–Trinajstić information content (AvgIpc) is 2.36. The van der Waals surface area contributed by atoms with E-state index in [4.69, 9.17) is 0 Å². The van der Waals surface area contributed by atoms with Gasteiger partial charge in [0.15, 0.2) is 5.96 Å². The lowest BCUT2D eigenvalue weighted by Crippen LogP contribution is -2.40. The van der Waals surface area contributed by atoms with Gasteiger partial charge >= 0.3 is 0 Å². The molecule has 0 amide bonds. The van der Waals surface area contributed by atoms with Crippen molar-refractivity contribution in [2.24, 2.45) is 4.99 Å². The lowest BCUT2D eigenvalue weighted by atomic mass is 10.2. The maximum Gasteiger partial charge on any atom is 0.269 e. The molecule has 0 saturated carbocycles. The molecule has 0 fully saturated rings. The van der Waals surface area contributed by atoms with E-state index in [1.165, 1.54) is 6.07 Å². The SMILES string of the molecule is CCNC(=NCc1cccc([N+](=O)[O-])c1)NC(C)C.I. The number of nitrogens with one attached hydrogen (secondary N) is 2. The van der Waals surface area contributed by atoms with Gasteiger partial charge in [-0.05, 0) is 26.3 Å². The Morgan fingerprint density at radius 2 is 2.15 bits per heavy atom. The molecule has 0 atom stereocenters. The fourth-order valence-electron chi connectivity index (χ4n) is 1.53. The van der Waals surface area contributed by atoms with Crippen LogP contribution in [0.15, 0.2) is 29.3 Å². The molecule has 0 aromatic heterocycles. The highest BCUT2D eigenvalue weighted by Gasteiger charge is 2.05. The number of hydrogen-bond acceptors (Lipinski definition) is 3. The first kappa shape index (κ1) is 18.6. The maximum atomic E-state index is 10.7. The summed E-state index contributed by atoms with van der Waals surface area (Å²) in [6, 6.07) is 6.80. The summed E-state index contributed by atoms with van der Waals surface area (Å²) in [4.78, 5) is 14.7. The van der Waals surface area contributed by atoms with Crippen molar-refractivity contribution in [2.45, 2.75) is 33.4 Å². The molecule has 6 nitrogen and oxygen atoms in total. The molecule has 0 aliphatic heterocycles. The molecule has 0 heterocycles. The van der Waals surface area contributed by atoms with E-state index in [0.717, 1.165) is 12.1 Å². The van der Waals surface area contributed by atoms with Crippen LogP contribution in [0.25, 0.3) is 0 Å². The molecule has 0 spiro atoms. The van der Waals surface area contributed by atoms with Crippen LogP contribution in [0.5, 0.6) is 0 Å². The van der Waals surface area contributed by atoms with Gasteiger partial charge < -0.3 is 10.6 Å². The molecule has 0 unspecified atom stereocenters. The molecule has 7 heteroatoms. The molecule has 0 aliphatic rings. The van der Waals surface area contributed by atoms with Gasteiger partial charge in [0.2, 0.25) is 0 Å². The van der Waals surface area contributed by atoms with E-state index in [0.29, 0.717) is 12.5 Å². The Morgan fingerprint density at radius 1 is 1.45 bits per heavy atom. The summed E-state index contributed by atoms with van der Waals surface area (Å²) in [6.45, 7) is 7.22. The first-order chi connectivity index (χ1) is 9.02. The molecule has 112 valence electrons. The van der Waals surface area contributed by atoms with E-state index in [1.54, 1.807) is 12.1 Å². The zero-order valence-electron chi connectivity index (χ0n) is 11.9. The van der Waals surface area contributed by atoms with Crippen LogP contribution >= 0.6 is 24.0 Å². The number of aliphatic imine (C=N–C) groups is 1. The molecular formula is C13H21IN4O2. The zero-order chi connectivity index (χ0) is 14.3. The number of nitrogens with zero attached hydrogens (tertiary/aromatic N) is 2. The topological polar surface area (TPSA) is 79.6 Å². The van der Waals surface area contributed by atoms with Crippen molar-refractivity contribution >= 4 is 35.6 Å².